The number of nitrogens with two attached hydrogens (primary N) is 4. The lowest BCUT2D eigenvalue weighted by Crippen LogP contribution is -2.14. The number of rotatable bonds is 4. The van der Waals surface area contributed by atoms with E-state index in [1.165, 1.54) is 0 Å². The second-order valence-corrected chi connectivity index (χ2v) is 6.50. The molecule has 10 N–H and O–H groups in total. The average molecular weight is 264 g/mol. The molecule has 0 saturated heterocycles. The van der Waals surface area contributed by atoms with Crippen molar-refractivity contribution in [2.45, 2.75) is 0 Å². The highest BCUT2D eigenvalue weighted by atomic mass is 31.2. The van der Waals surface area contributed by atoms with E-state index >= 15 is 0 Å². The third-order valence-corrected chi connectivity index (χ3v) is 2.71. The molecule has 8 nitrogen and oxygen atoms in total. The highest BCUT2D eigenvalue weighted by Crippen LogP contribution is 2.31. The van der Waals surface area contributed by atoms with Crippen LogP contribution in [0.2, 0.25) is 0 Å². The van der Waals surface area contributed by atoms with Crippen LogP contribution in [-0.4, -0.2) is 0 Å². The molecule has 0 aromatic heterocycles. The van der Waals surface area contributed by atoms with Crippen molar-refractivity contribution in [3.05, 3.63) is 24.3 Å². The molecule has 0 fully saturated rings. The van der Waals surface area contributed by atoms with Crippen LogP contribution in [0.1, 0.15) is 0 Å². The number of hydrogen-bond acceptors (Lipinski definition) is 2. The molecule has 0 aliphatic rings. The van der Waals surface area contributed by atoms with Crippen molar-refractivity contribution >= 4 is 26.6 Å². The van der Waals surface area contributed by atoms with Crippen LogP contribution in [0.5, 0.6) is 0 Å². The predicted octanol–water partition coefficient (Wildman–Crippen LogP) is 0.561. The van der Waals surface area contributed by atoms with Crippen LogP contribution in [0, 0.1) is 0 Å². The van der Waals surface area contributed by atoms with E-state index < -0.39 is 15.2 Å². The van der Waals surface area contributed by atoms with Crippen LogP contribution in [0.4, 0.5) is 11.4 Å². The summed E-state index contributed by atoms with van der Waals surface area (Å²) in [7, 11) is -6.64. The minimum Gasteiger partial charge on any atom is -0.313 e. The third-order valence-electron chi connectivity index (χ3n) is 1.49. The van der Waals surface area contributed by atoms with Gasteiger partial charge in [0.2, 0.25) is 0 Å². The van der Waals surface area contributed by atoms with Gasteiger partial charge in [0, 0.05) is 11.4 Å². The molecule has 0 heterocycles. The Bertz CT molecular complexity index is 406. The molecule has 0 saturated carbocycles. The van der Waals surface area contributed by atoms with Crippen molar-refractivity contribution in [1.82, 2.24) is 0 Å². The van der Waals surface area contributed by atoms with Gasteiger partial charge >= 0.3 is 0 Å². The molecule has 0 spiro atoms. The first-order valence-electron chi connectivity index (χ1n) is 4.17. The van der Waals surface area contributed by atoms with E-state index in [0.29, 0.717) is 11.4 Å². The molecule has 16 heavy (non-hydrogen) atoms. The molecule has 0 atom stereocenters. The van der Waals surface area contributed by atoms with Crippen molar-refractivity contribution in [3.63, 3.8) is 0 Å². The summed E-state index contributed by atoms with van der Waals surface area (Å²) in [6.45, 7) is 0. The van der Waals surface area contributed by atoms with Crippen molar-refractivity contribution in [3.8, 4) is 0 Å². The molecule has 0 unspecified atom stereocenters. The molecule has 0 amide bonds. The van der Waals surface area contributed by atoms with Gasteiger partial charge in [-0.25, -0.2) is 0 Å². The van der Waals surface area contributed by atoms with Gasteiger partial charge < -0.3 is 10.2 Å². The molecule has 0 aliphatic carbocycles. The Morgan fingerprint density at radius 1 is 0.750 bits per heavy atom. The van der Waals surface area contributed by atoms with Gasteiger partial charge in [-0.05, 0) is 24.3 Å². The molecule has 1 rings (SSSR count). The number of hydrogen-bond donors (Lipinski definition) is 6. The second-order valence-electron chi connectivity index (χ2n) is 3.22. The largest absolute Gasteiger partial charge is 0.313 e. The second kappa shape index (κ2) is 4.55. The normalized spacial score (nSPS) is 12.2. The lowest BCUT2D eigenvalue weighted by molar-refractivity contribution is 0.579. The fourth-order valence-corrected chi connectivity index (χ4v) is 2.13. The summed E-state index contributed by atoms with van der Waals surface area (Å²) >= 11 is 0. The summed E-state index contributed by atoms with van der Waals surface area (Å²) in [5, 5.41) is 4.85. The molecule has 1 aromatic rings. The summed E-state index contributed by atoms with van der Waals surface area (Å²) < 4.78 is 22.1. The summed E-state index contributed by atoms with van der Waals surface area (Å²) in [5.74, 6) is 0. The fourth-order valence-electron chi connectivity index (χ4n) is 1.02. The van der Waals surface area contributed by atoms with Gasteiger partial charge in [-0.3, -0.25) is 31.1 Å². The molecule has 1 aromatic carbocycles. The van der Waals surface area contributed by atoms with Gasteiger partial charge in [-0.1, -0.05) is 0 Å². The van der Waals surface area contributed by atoms with Crippen LogP contribution in [-0.2, 0) is 9.13 Å². The fraction of sp³-hybridized carbons (Fsp3) is 0. The zero-order chi connectivity index (χ0) is 12.4. The van der Waals surface area contributed by atoms with Gasteiger partial charge in [0.1, 0.15) is 0 Å². The van der Waals surface area contributed by atoms with Crippen molar-refractivity contribution < 1.29 is 9.13 Å². The number of anilines is 2. The van der Waals surface area contributed by atoms with E-state index in [4.69, 9.17) is 22.0 Å². The van der Waals surface area contributed by atoms with Crippen molar-refractivity contribution in [1.29, 1.82) is 0 Å². The van der Waals surface area contributed by atoms with Crippen LogP contribution in [0.3, 0.4) is 0 Å². The van der Waals surface area contributed by atoms with Crippen LogP contribution >= 0.6 is 15.2 Å². The van der Waals surface area contributed by atoms with Crippen molar-refractivity contribution in [2.24, 2.45) is 22.0 Å². The van der Waals surface area contributed by atoms with Gasteiger partial charge in [-0.15, -0.1) is 0 Å². The van der Waals surface area contributed by atoms with E-state index in [1.54, 1.807) is 24.3 Å². The number of nitrogens with one attached hydrogen (secondary N) is 2. The average Bonchev–Trinajstić information content (AvgIpc) is 2.03. The third kappa shape index (κ3) is 5.27. The molecule has 90 valence electrons. The van der Waals surface area contributed by atoms with Crippen LogP contribution < -0.4 is 32.2 Å². The highest BCUT2D eigenvalue weighted by Gasteiger charge is 2.09. The maximum Gasteiger partial charge on any atom is 0.298 e. The topological polar surface area (TPSA) is 162 Å². The Morgan fingerprint density at radius 2 is 1.00 bits per heavy atom. The maximum atomic E-state index is 11.0. The summed E-state index contributed by atoms with van der Waals surface area (Å²) in [6, 6.07) is 6.18. The Morgan fingerprint density at radius 3 is 1.19 bits per heavy atom. The van der Waals surface area contributed by atoms with E-state index in [1.807, 2.05) is 0 Å². The first-order valence-corrected chi connectivity index (χ1v) is 7.86. The van der Waals surface area contributed by atoms with E-state index in [9.17, 15) is 9.13 Å². The molecular weight excluding hydrogens is 250 g/mol. The van der Waals surface area contributed by atoms with E-state index in [2.05, 4.69) is 10.2 Å². The zero-order valence-electron chi connectivity index (χ0n) is 8.33. The van der Waals surface area contributed by atoms with E-state index in [0.717, 1.165) is 0 Å². The van der Waals surface area contributed by atoms with Gasteiger partial charge in [0.05, 0.1) is 0 Å². The highest BCUT2D eigenvalue weighted by molar-refractivity contribution is 7.60. The Hall–Kier alpha value is -0.880. The van der Waals surface area contributed by atoms with Gasteiger partial charge in [0.25, 0.3) is 15.2 Å². The lowest BCUT2D eigenvalue weighted by Gasteiger charge is -2.12. The standard InChI is InChI=1S/C6H14N6O2P2/c7-15(8,13)11-5-1-2-6(4-3-5)12-16(9,10)14/h1-4H,(H5,7,8,11,13)(H5,9,10,12,14). The maximum absolute atomic E-state index is 11.0. The van der Waals surface area contributed by atoms with Crippen molar-refractivity contribution in [2.75, 3.05) is 10.2 Å². The smallest absolute Gasteiger partial charge is 0.298 e. The lowest BCUT2D eigenvalue weighted by atomic mass is 10.3. The minimum absolute atomic E-state index is 0.475. The molecule has 0 radical (unpaired) electrons. The summed E-state index contributed by atoms with van der Waals surface area (Å²) in [6.07, 6.45) is 0. The molecule has 10 heteroatoms. The van der Waals surface area contributed by atoms with E-state index in [-0.39, 0.29) is 0 Å². The Labute approximate surface area is 92.8 Å². The quantitative estimate of drug-likeness (QED) is 0.429. The summed E-state index contributed by atoms with van der Waals surface area (Å²) in [5.41, 5.74) is 21.5. The first kappa shape index (κ1) is 13.2. The zero-order valence-corrected chi connectivity index (χ0v) is 10.1. The molecule has 0 aliphatic heterocycles. The van der Waals surface area contributed by atoms with Crippen LogP contribution in [0.15, 0.2) is 24.3 Å². The molecular formula is C6H14N6O2P2. The molecule has 0 bridgehead atoms. The SMILES string of the molecule is NP(N)(=O)Nc1ccc(NP(N)(N)=O)cc1. The Balaban J connectivity index is 2.76. The van der Waals surface area contributed by atoms with Gasteiger partial charge in [0.15, 0.2) is 0 Å². The minimum atomic E-state index is -3.32. The summed E-state index contributed by atoms with van der Waals surface area (Å²) in [4.78, 5) is 0. The van der Waals surface area contributed by atoms with Crippen LogP contribution in [0.25, 0.3) is 0 Å². The van der Waals surface area contributed by atoms with Gasteiger partial charge in [-0.2, -0.15) is 0 Å². The Kier molecular flexibility index (Phi) is 3.75. The first-order chi connectivity index (χ1) is 7.16. The monoisotopic (exact) mass is 264 g/mol. The number of benzene rings is 1. The predicted molar refractivity (Wildman–Crippen MR) is 65.6 cm³/mol.